The smallest absolute Gasteiger partial charge is 0.270 e. The molecule has 1 aromatic carbocycles. The van der Waals surface area contributed by atoms with Crippen molar-refractivity contribution in [3.63, 3.8) is 0 Å². The maximum absolute atomic E-state index is 13.1. The van der Waals surface area contributed by atoms with E-state index in [1.165, 1.54) is 12.0 Å². The number of hydrogen-bond acceptors (Lipinski definition) is 3. The number of aromatic nitrogens is 1. The Balaban J connectivity index is 1.31. The number of piperidine rings is 1. The van der Waals surface area contributed by atoms with E-state index < -0.39 is 0 Å². The summed E-state index contributed by atoms with van der Waals surface area (Å²) in [6.45, 7) is 7.03. The van der Waals surface area contributed by atoms with Crippen molar-refractivity contribution in [3.8, 4) is 0 Å². The van der Waals surface area contributed by atoms with Crippen LogP contribution in [-0.2, 0) is 11.3 Å². The van der Waals surface area contributed by atoms with Gasteiger partial charge in [0.05, 0.1) is 6.54 Å². The highest BCUT2D eigenvalue weighted by Crippen LogP contribution is 2.17. The van der Waals surface area contributed by atoms with Gasteiger partial charge in [-0.3, -0.25) is 14.5 Å². The number of carbonyl (C=O) groups excluding carboxylic acids is 2. The predicted molar refractivity (Wildman–Crippen MR) is 117 cm³/mol. The SMILES string of the molecule is CC1CCCCN1C(=O)CN1CCN(C(=O)c2cccn2Cc2ccccc2)CC1. The lowest BCUT2D eigenvalue weighted by Crippen LogP contribution is -2.53. The summed E-state index contributed by atoms with van der Waals surface area (Å²) in [4.78, 5) is 31.9. The molecule has 2 saturated heterocycles. The molecule has 0 aliphatic carbocycles. The van der Waals surface area contributed by atoms with Crippen molar-refractivity contribution >= 4 is 11.8 Å². The molecule has 0 saturated carbocycles. The Labute approximate surface area is 179 Å². The van der Waals surface area contributed by atoms with Crippen molar-refractivity contribution in [2.75, 3.05) is 39.3 Å². The summed E-state index contributed by atoms with van der Waals surface area (Å²) in [6.07, 6.45) is 5.41. The van der Waals surface area contributed by atoms with Gasteiger partial charge in [0.2, 0.25) is 5.91 Å². The molecule has 0 bridgehead atoms. The molecule has 4 rings (SSSR count). The van der Waals surface area contributed by atoms with Crippen LogP contribution in [0.1, 0.15) is 42.2 Å². The minimum absolute atomic E-state index is 0.0755. The van der Waals surface area contributed by atoms with Gasteiger partial charge in [0.1, 0.15) is 5.69 Å². The Kier molecular flexibility index (Phi) is 6.53. The molecular weight excluding hydrogens is 376 g/mol. The van der Waals surface area contributed by atoms with Crippen LogP contribution < -0.4 is 0 Å². The van der Waals surface area contributed by atoms with Crippen LogP contribution in [0, 0.1) is 0 Å². The zero-order valence-electron chi connectivity index (χ0n) is 17.9. The van der Waals surface area contributed by atoms with Crippen LogP contribution in [0.4, 0.5) is 0 Å². The number of rotatable bonds is 5. The first kappa shape index (κ1) is 20.7. The van der Waals surface area contributed by atoms with E-state index in [2.05, 4.69) is 24.0 Å². The average molecular weight is 409 g/mol. The molecule has 3 heterocycles. The zero-order chi connectivity index (χ0) is 20.9. The summed E-state index contributed by atoms with van der Waals surface area (Å²) in [5, 5.41) is 0. The van der Waals surface area contributed by atoms with E-state index in [4.69, 9.17) is 0 Å². The number of nitrogens with zero attached hydrogens (tertiary/aromatic N) is 4. The van der Waals surface area contributed by atoms with E-state index >= 15 is 0 Å². The minimum Gasteiger partial charge on any atom is -0.339 e. The fourth-order valence-corrected chi connectivity index (χ4v) is 4.55. The highest BCUT2D eigenvalue weighted by molar-refractivity contribution is 5.93. The second-order valence-electron chi connectivity index (χ2n) is 8.51. The first-order valence-corrected chi connectivity index (χ1v) is 11.1. The lowest BCUT2D eigenvalue weighted by atomic mass is 10.0. The zero-order valence-corrected chi connectivity index (χ0v) is 17.9. The van der Waals surface area contributed by atoms with Crippen molar-refractivity contribution in [2.24, 2.45) is 0 Å². The number of carbonyl (C=O) groups is 2. The minimum atomic E-state index is 0.0755. The van der Waals surface area contributed by atoms with Crippen LogP contribution >= 0.6 is 0 Å². The van der Waals surface area contributed by atoms with Crippen molar-refractivity contribution in [3.05, 3.63) is 59.9 Å². The molecular formula is C24H32N4O2. The molecule has 1 aromatic heterocycles. The molecule has 0 spiro atoms. The normalized spacial score (nSPS) is 20.4. The van der Waals surface area contributed by atoms with E-state index in [9.17, 15) is 9.59 Å². The first-order valence-electron chi connectivity index (χ1n) is 11.1. The van der Waals surface area contributed by atoms with Crippen molar-refractivity contribution in [1.82, 2.24) is 19.3 Å². The van der Waals surface area contributed by atoms with Gasteiger partial charge >= 0.3 is 0 Å². The Hall–Kier alpha value is -2.60. The van der Waals surface area contributed by atoms with Crippen LogP contribution in [0.15, 0.2) is 48.7 Å². The van der Waals surface area contributed by atoms with Gasteiger partial charge < -0.3 is 14.4 Å². The summed E-state index contributed by atoms with van der Waals surface area (Å²) in [6, 6.07) is 14.4. The Bertz CT molecular complexity index is 855. The van der Waals surface area contributed by atoms with Gasteiger partial charge in [0, 0.05) is 51.5 Å². The van der Waals surface area contributed by atoms with Gasteiger partial charge in [0.15, 0.2) is 0 Å². The topological polar surface area (TPSA) is 48.8 Å². The van der Waals surface area contributed by atoms with Crippen LogP contribution in [0.5, 0.6) is 0 Å². The monoisotopic (exact) mass is 408 g/mol. The lowest BCUT2D eigenvalue weighted by Gasteiger charge is -2.38. The molecule has 2 aliphatic rings. The van der Waals surface area contributed by atoms with Gasteiger partial charge in [-0.2, -0.15) is 0 Å². The molecule has 2 fully saturated rings. The van der Waals surface area contributed by atoms with Crippen molar-refractivity contribution < 1.29 is 9.59 Å². The molecule has 6 heteroatoms. The van der Waals surface area contributed by atoms with E-state index in [-0.39, 0.29) is 11.8 Å². The number of hydrogen-bond donors (Lipinski definition) is 0. The third kappa shape index (κ3) is 4.75. The first-order chi connectivity index (χ1) is 14.6. The number of amides is 2. The van der Waals surface area contributed by atoms with Gasteiger partial charge in [-0.15, -0.1) is 0 Å². The summed E-state index contributed by atoms with van der Waals surface area (Å²) in [5.41, 5.74) is 1.91. The average Bonchev–Trinajstić information content (AvgIpc) is 3.23. The fraction of sp³-hybridized carbons (Fsp3) is 0.500. The maximum Gasteiger partial charge on any atom is 0.270 e. The molecule has 2 aliphatic heterocycles. The number of benzene rings is 1. The maximum atomic E-state index is 13.1. The molecule has 2 aromatic rings. The van der Waals surface area contributed by atoms with Crippen LogP contribution in [0.2, 0.25) is 0 Å². The molecule has 2 amide bonds. The summed E-state index contributed by atoms with van der Waals surface area (Å²) in [7, 11) is 0. The predicted octanol–water partition coefficient (Wildman–Crippen LogP) is 2.70. The summed E-state index contributed by atoms with van der Waals surface area (Å²) in [5.74, 6) is 0.310. The molecule has 6 nitrogen and oxygen atoms in total. The molecule has 160 valence electrons. The van der Waals surface area contributed by atoms with Crippen molar-refractivity contribution in [2.45, 2.75) is 38.8 Å². The summed E-state index contributed by atoms with van der Waals surface area (Å²) >= 11 is 0. The Morgan fingerprint density at radius 1 is 0.933 bits per heavy atom. The lowest BCUT2D eigenvalue weighted by molar-refractivity contribution is -0.136. The van der Waals surface area contributed by atoms with Crippen LogP contribution in [0.25, 0.3) is 0 Å². The van der Waals surface area contributed by atoms with Crippen LogP contribution in [0.3, 0.4) is 0 Å². The van der Waals surface area contributed by atoms with E-state index in [1.54, 1.807) is 0 Å². The van der Waals surface area contributed by atoms with Gasteiger partial charge in [-0.05, 0) is 43.9 Å². The highest BCUT2D eigenvalue weighted by atomic mass is 16.2. The number of piperazine rings is 1. The number of likely N-dealkylation sites (tertiary alicyclic amines) is 1. The quantitative estimate of drug-likeness (QED) is 0.764. The van der Waals surface area contributed by atoms with Crippen LogP contribution in [-0.4, -0.2) is 76.4 Å². The fourth-order valence-electron chi connectivity index (χ4n) is 4.55. The van der Waals surface area contributed by atoms with E-state index in [0.717, 1.165) is 38.2 Å². The highest BCUT2D eigenvalue weighted by Gasteiger charge is 2.28. The third-order valence-corrected chi connectivity index (χ3v) is 6.39. The standard InChI is InChI=1S/C24H32N4O2/c1-20-8-5-6-13-28(20)23(29)19-25-14-16-26(17-15-25)24(30)22-11-7-12-27(22)18-21-9-3-2-4-10-21/h2-4,7,9-12,20H,5-6,8,13-19H2,1H3. The summed E-state index contributed by atoms with van der Waals surface area (Å²) < 4.78 is 2.02. The Morgan fingerprint density at radius 2 is 1.70 bits per heavy atom. The van der Waals surface area contributed by atoms with E-state index in [1.807, 2.05) is 50.9 Å². The molecule has 1 atom stereocenters. The third-order valence-electron chi connectivity index (χ3n) is 6.39. The molecule has 30 heavy (non-hydrogen) atoms. The Morgan fingerprint density at radius 3 is 2.43 bits per heavy atom. The van der Waals surface area contributed by atoms with Gasteiger partial charge in [-0.25, -0.2) is 0 Å². The van der Waals surface area contributed by atoms with Crippen molar-refractivity contribution in [1.29, 1.82) is 0 Å². The second kappa shape index (κ2) is 9.47. The van der Waals surface area contributed by atoms with Gasteiger partial charge in [-0.1, -0.05) is 30.3 Å². The molecule has 0 N–H and O–H groups in total. The molecule has 1 unspecified atom stereocenters. The van der Waals surface area contributed by atoms with Gasteiger partial charge in [0.25, 0.3) is 5.91 Å². The largest absolute Gasteiger partial charge is 0.339 e. The molecule has 0 radical (unpaired) electrons. The second-order valence-corrected chi connectivity index (χ2v) is 8.51. The van der Waals surface area contributed by atoms with E-state index in [0.29, 0.717) is 32.2 Å².